The second-order valence-corrected chi connectivity index (χ2v) is 8.87. The van der Waals surface area contributed by atoms with E-state index in [0.29, 0.717) is 17.1 Å². The minimum Gasteiger partial charge on any atom is -0.398 e. The van der Waals surface area contributed by atoms with Crippen molar-refractivity contribution in [2.24, 2.45) is 5.92 Å². The Bertz CT molecular complexity index is 1010. The number of nitrogen functional groups attached to an aromatic ring is 1. The molecule has 3 nitrogen and oxygen atoms in total. The summed E-state index contributed by atoms with van der Waals surface area (Å²) < 4.78 is 44.7. The summed E-state index contributed by atoms with van der Waals surface area (Å²) in [6.07, 6.45) is 12.2. The van der Waals surface area contributed by atoms with Crippen molar-refractivity contribution in [2.45, 2.75) is 78.6 Å². The first-order valence-corrected chi connectivity index (χ1v) is 13.9. The van der Waals surface area contributed by atoms with E-state index in [-0.39, 0.29) is 5.82 Å². The summed E-state index contributed by atoms with van der Waals surface area (Å²) in [5.41, 5.74) is 8.82. The van der Waals surface area contributed by atoms with Crippen LogP contribution >= 0.6 is 0 Å². The van der Waals surface area contributed by atoms with Crippen LogP contribution in [-0.4, -0.2) is 19.0 Å². The quantitative estimate of drug-likeness (QED) is 0.238. The third-order valence-electron chi connectivity index (χ3n) is 6.06. The second kappa shape index (κ2) is 22.9. The van der Waals surface area contributed by atoms with Gasteiger partial charge in [-0.2, -0.15) is 4.39 Å². The van der Waals surface area contributed by atoms with Gasteiger partial charge in [-0.15, -0.1) is 0 Å². The fourth-order valence-corrected chi connectivity index (χ4v) is 4.09. The maximum atomic E-state index is 12.8. The lowest BCUT2D eigenvalue weighted by atomic mass is 9.92. The van der Waals surface area contributed by atoms with E-state index in [2.05, 4.69) is 23.8 Å². The molecule has 7 heteroatoms. The maximum Gasteiger partial charge on any atom is 0.229 e. The first-order valence-electron chi connectivity index (χ1n) is 13.9. The molecule has 0 radical (unpaired) electrons. The predicted molar refractivity (Wildman–Crippen MR) is 159 cm³/mol. The van der Waals surface area contributed by atoms with E-state index in [4.69, 9.17) is 5.73 Å². The molecule has 1 heterocycles. The van der Waals surface area contributed by atoms with Crippen molar-refractivity contribution in [3.8, 4) is 0 Å². The molecule has 0 aliphatic heterocycles. The minimum atomic E-state index is -1.75. The molecule has 0 spiro atoms. The van der Waals surface area contributed by atoms with Gasteiger partial charge in [0.2, 0.25) is 12.9 Å². The van der Waals surface area contributed by atoms with E-state index < -0.39 is 12.9 Å². The molecule has 1 aromatic heterocycles. The molecule has 3 aromatic rings. The maximum absolute atomic E-state index is 12.8. The Labute approximate surface area is 232 Å². The lowest BCUT2D eigenvalue weighted by Crippen LogP contribution is -2.17. The van der Waals surface area contributed by atoms with Gasteiger partial charge in [-0.1, -0.05) is 103 Å². The number of allylic oxidation sites excluding steroid dienone is 1. The Morgan fingerprint density at radius 2 is 1.46 bits per heavy atom. The Morgan fingerprint density at radius 3 is 1.95 bits per heavy atom. The van der Waals surface area contributed by atoms with E-state index in [9.17, 15) is 17.6 Å². The molecule has 39 heavy (non-hydrogen) atoms. The van der Waals surface area contributed by atoms with Crippen LogP contribution in [0.4, 0.5) is 23.2 Å². The molecule has 0 bridgehead atoms. The number of pyridine rings is 1. The minimum absolute atomic E-state index is 0.178. The average Bonchev–Trinajstić information content (AvgIpc) is 2.96. The van der Waals surface area contributed by atoms with Crippen molar-refractivity contribution in [3.05, 3.63) is 84.2 Å². The number of fused-ring (bicyclic) bond motifs is 1. The van der Waals surface area contributed by atoms with Crippen LogP contribution < -0.4 is 11.1 Å². The summed E-state index contributed by atoms with van der Waals surface area (Å²) in [5, 5.41) is 3.90. The zero-order valence-corrected chi connectivity index (χ0v) is 24.1. The normalized spacial score (nSPS) is 12.5. The van der Waals surface area contributed by atoms with Gasteiger partial charge in [0.25, 0.3) is 0 Å². The Balaban J connectivity index is 0.000000548. The highest BCUT2D eigenvalue weighted by atomic mass is 19.3. The number of rotatable bonds is 6. The lowest BCUT2D eigenvalue weighted by Gasteiger charge is -2.18. The number of hydrogen-bond donors (Lipinski definition) is 2. The summed E-state index contributed by atoms with van der Waals surface area (Å²) in [6.45, 7) is 8.44. The standard InChI is InChI=1S/C14H20FN.C9H7FN2.C6H12.C2H6.CH2F2/c1-4-5-13(11(2)16-3)10-12-6-8-14(15)9-7-12;10-9-5-7(11)6-3-1-2-4-8(6)12-9;1-2-4-6-5-3-1;1-2;2-1-3/h6-9,13,16H,2,4-5,10H2,1,3H3;1-5H,(H2,11,12);1-6H2;1-2H3;1H2. The molecular formula is C32H47F4N3. The van der Waals surface area contributed by atoms with Crippen LogP contribution in [0.5, 0.6) is 0 Å². The zero-order chi connectivity index (χ0) is 29.5. The zero-order valence-electron chi connectivity index (χ0n) is 24.1. The van der Waals surface area contributed by atoms with Crippen molar-refractivity contribution in [1.29, 1.82) is 0 Å². The fraction of sp³-hybridized carbons (Fsp3) is 0.469. The molecular weight excluding hydrogens is 502 g/mol. The van der Waals surface area contributed by atoms with E-state index in [1.54, 1.807) is 12.1 Å². The Hall–Kier alpha value is -3.09. The van der Waals surface area contributed by atoms with Crippen LogP contribution in [0.25, 0.3) is 10.9 Å². The van der Waals surface area contributed by atoms with Crippen molar-refractivity contribution >= 4 is 16.6 Å². The first kappa shape index (κ1) is 35.9. The molecule has 1 aliphatic rings. The third-order valence-corrected chi connectivity index (χ3v) is 6.06. The number of aromatic nitrogens is 1. The number of halogens is 4. The van der Waals surface area contributed by atoms with E-state index in [0.717, 1.165) is 35.9 Å². The molecule has 0 amide bonds. The van der Waals surface area contributed by atoms with Crippen molar-refractivity contribution in [3.63, 3.8) is 0 Å². The van der Waals surface area contributed by atoms with Gasteiger partial charge >= 0.3 is 0 Å². The number of anilines is 1. The number of nitrogens with zero attached hydrogens (tertiary/aromatic N) is 1. The molecule has 218 valence electrons. The molecule has 1 saturated carbocycles. The molecule has 1 aliphatic carbocycles. The highest BCUT2D eigenvalue weighted by molar-refractivity contribution is 5.89. The van der Waals surface area contributed by atoms with E-state index in [1.165, 1.54) is 56.7 Å². The molecule has 1 unspecified atom stereocenters. The molecule has 1 atom stereocenters. The number of benzene rings is 2. The highest BCUT2D eigenvalue weighted by Gasteiger charge is 2.11. The van der Waals surface area contributed by atoms with Gasteiger partial charge in [0, 0.05) is 35.8 Å². The topological polar surface area (TPSA) is 50.9 Å². The lowest BCUT2D eigenvalue weighted by molar-refractivity contribution is 0.295. The van der Waals surface area contributed by atoms with Gasteiger partial charge in [0.1, 0.15) is 5.82 Å². The van der Waals surface area contributed by atoms with Crippen LogP contribution in [0.15, 0.2) is 66.9 Å². The monoisotopic (exact) mass is 549 g/mol. The number of nitrogens with one attached hydrogen (secondary N) is 1. The number of nitrogens with two attached hydrogens (primary N) is 1. The molecule has 1 fully saturated rings. The van der Waals surface area contributed by atoms with Gasteiger partial charge in [0.15, 0.2) is 0 Å². The van der Waals surface area contributed by atoms with Crippen molar-refractivity contribution in [2.75, 3.05) is 19.7 Å². The number of para-hydroxylation sites is 1. The van der Waals surface area contributed by atoms with Gasteiger partial charge in [-0.25, -0.2) is 18.2 Å². The SMILES string of the molecule is C1CCCCC1.C=C(NC)C(CCC)Cc1ccc(F)cc1.CC.FCF.Nc1cc(F)nc2ccccc12. The molecule has 3 N–H and O–H groups in total. The van der Waals surface area contributed by atoms with Crippen LogP contribution in [0.1, 0.15) is 77.7 Å². The van der Waals surface area contributed by atoms with Gasteiger partial charge in [-0.05, 0) is 36.6 Å². The predicted octanol–water partition coefficient (Wildman–Crippen LogP) is 9.72. The molecule has 2 aromatic carbocycles. The van der Waals surface area contributed by atoms with Crippen molar-refractivity contribution in [1.82, 2.24) is 10.3 Å². The number of hydrogen-bond acceptors (Lipinski definition) is 3. The summed E-state index contributed by atoms with van der Waals surface area (Å²) >= 11 is 0. The second-order valence-electron chi connectivity index (χ2n) is 8.87. The summed E-state index contributed by atoms with van der Waals surface area (Å²) in [5.74, 6) is -0.283. The van der Waals surface area contributed by atoms with Gasteiger partial charge < -0.3 is 11.1 Å². The fourth-order valence-electron chi connectivity index (χ4n) is 4.09. The average molecular weight is 550 g/mol. The summed E-state index contributed by atoms with van der Waals surface area (Å²) in [4.78, 5) is 3.69. The van der Waals surface area contributed by atoms with Crippen LogP contribution in [-0.2, 0) is 6.42 Å². The van der Waals surface area contributed by atoms with Crippen LogP contribution in [0.3, 0.4) is 0 Å². The van der Waals surface area contributed by atoms with Crippen LogP contribution in [0, 0.1) is 17.7 Å². The van der Waals surface area contributed by atoms with Crippen molar-refractivity contribution < 1.29 is 17.6 Å². The molecule has 4 rings (SSSR count). The van der Waals surface area contributed by atoms with E-state index in [1.807, 2.05) is 45.2 Å². The Morgan fingerprint density at radius 1 is 0.949 bits per heavy atom. The van der Waals surface area contributed by atoms with E-state index >= 15 is 0 Å². The van der Waals surface area contributed by atoms with Crippen LogP contribution in [0.2, 0.25) is 0 Å². The third kappa shape index (κ3) is 15.8. The largest absolute Gasteiger partial charge is 0.398 e. The number of alkyl halides is 2. The summed E-state index contributed by atoms with van der Waals surface area (Å²) in [6, 6.07) is 15.1. The first-order chi connectivity index (χ1) is 18.9. The molecule has 0 saturated heterocycles. The van der Waals surface area contributed by atoms with Gasteiger partial charge in [0.05, 0.1) is 5.52 Å². The summed E-state index contributed by atoms with van der Waals surface area (Å²) in [7, 11) is 1.90. The smallest absolute Gasteiger partial charge is 0.229 e. The Kier molecular flexibility index (Phi) is 21.0. The van der Waals surface area contributed by atoms with Gasteiger partial charge in [-0.3, -0.25) is 0 Å². The highest BCUT2D eigenvalue weighted by Crippen LogP contribution is 2.20.